The summed E-state index contributed by atoms with van der Waals surface area (Å²) in [5.41, 5.74) is 3.18. The molecule has 2 aromatic heterocycles. The van der Waals surface area contributed by atoms with Crippen LogP contribution in [-0.2, 0) is 19.6 Å². The third-order valence-electron chi connectivity index (χ3n) is 5.95. The van der Waals surface area contributed by atoms with Gasteiger partial charge < -0.3 is 20.1 Å². The average molecular weight is 477 g/mol. The molecule has 7 heteroatoms. The number of aromatic amines is 1. The minimum absolute atomic E-state index is 0.136. The van der Waals surface area contributed by atoms with Crippen molar-refractivity contribution in [3.63, 3.8) is 0 Å². The van der Waals surface area contributed by atoms with E-state index in [0.29, 0.717) is 18.9 Å². The van der Waals surface area contributed by atoms with Gasteiger partial charge in [0.25, 0.3) is 5.91 Å². The third-order valence-corrected chi connectivity index (χ3v) is 5.95. The first-order chi connectivity index (χ1) is 17.2. The number of nitrogens with zero attached hydrogens (tertiary/aromatic N) is 4. The van der Waals surface area contributed by atoms with Gasteiger partial charge in [-0.25, -0.2) is 4.98 Å². The van der Waals surface area contributed by atoms with Gasteiger partial charge in [0, 0.05) is 31.7 Å². The molecule has 3 aromatic rings. The highest BCUT2D eigenvalue weighted by Crippen LogP contribution is 2.13. The summed E-state index contributed by atoms with van der Waals surface area (Å²) in [5.74, 6) is 0.206. The summed E-state index contributed by atoms with van der Waals surface area (Å²) in [6.07, 6.45) is 9.90. The van der Waals surface area contributed by atoms with Crippen LogP contribution in [0.25, 0.3) is 0 Å². The molecule has 0 aliphatic carbocycles. The van der Waals surface area contributed by atoms with E-state index in [2.05, 4.69) is 63.3 Å². The summed E-state index contributed by atoms with van der Waals surface area (Å²) in [4.78, 5) is 28.8. The number of carbonyl (C=O) groups excluding carboxylic acids is 1. The molecule has 2 N–H and O–H groups in total. The normalized spacial score (nSPS) is 11.2. The average Bonchev–Trinajstić information content (AvgIpc) is 3.42. The molecule has 35 heavy (non-hydrogen) atoms. The van der Waals surface area contributed by atoms with E-state index < -0.39 is 0 Å². The van der Waals surface area contributed by atoms with Crippen LogP contribution in [0.2, 0.25) is 0 Å². The fraction of sp³-hybridized carbons (Fsp3) is 0.464. The Bertz CT molecular complexity index is 953. The summed E-state index contributed by atoms with van der Waals surface area (Å²) >= 11 is 0. The zero-order chi connectivity index (χ0) is 24.7. The van der Waals surface area contributed by atoms with E-state index in [1.165, 1.54) is 50.9 Å². The van der Waals surface area contributed by atoms with Gasteiger partial charge in [0.1, 0.15) is 0 Å². The molecule has 0 bridgehead atoms. The van der Waals surface area contributed by atoms with Crippen molar-refractivity contribution in [2.24, 2.45) is 0 Å². The number of aromatic nitrogens is 3. The van der Waals surface area contributed by atoms with E-state index in [0.717, 1.165) is 24.3 Å². The minimum atomic E-state index is -0.136. The van der Waals surface area contributed by atoms with Crippen LogP contribution in [0.3, 0.4) is 0 Å². The van der Waals surface area contributed by atoms with Crippen molar-refractivity contribution in [1.29, 1.82) is 0 Å². The molecule has 1 aromatic carbocycles. The largest absolute Gasteiger partial charge is 0.341 e. The topological polar surface area (TPSA) is 77.2 Å². The number of imidazole rings is 1. The van der Waals surface area contributed by atoms with Gasteiger partial charge in [-0.2, -0.15) is 0 Å². The smallest absolute Gasteiger partial charge is 0.290 e. The number of unbranched alkanes of at least 4 members (excludes halogenated alkanes) is 1. The Hall–Kier alpha value is -3.03. The molecule has 0 atom stereocenters. The second-order valence-corrected chi connectivity index (χ2v) is 8.96. The predicted molar refractivity (Wildman–Crippen MR) is 141 cm³/mol. The first-order valence-corrected chi connectivity index (χ1v) is 12.9. The van der Waals surface area contributed by atoms with Gasteiger partial charge in [-0.05, 0) is 75.1 Å². The summed E-state index contributed by atoms with van der Waals surface area (Å²) in [5, 5.41) is 3.57. The summed E-state index contributed by atoms with van der Waals surface area (Å²) < 4.78 is 0. The summed E-state index contributed by atoms with van der Waals surface area (Å²) in [6.45, 7) is 10.9. The Labute approximate surface area is 210 Å². The van der Waals surface area contributed by atoms with Gasteiger partial charge >= 0.3 is 0 Å². The molecule has 1 amide bonds. The van der Waals surface area contributed by atoms with Crippen molar-refractivity contribution in [3.8, 4) is 0 Å². The number of pyridine rings is 1. The van der Waals surface area contributed by atoms with E-state index in [1.807, 2.05) is 18.2 Å². The van der Waals surface area contributed by atoms with E-state index in [9.17, 15) is 4.79 Å². The lowest BCUT2D eigenvalue weighted by Crippen LogP contribution is -2.31. The Morgan fingerprint density at radius 3 is 2.31 bits per heavy atom. The Morgan fingerprint density at radius 1 is 0.886 bits per heavy atom. The van der Waals surface area contributed by atoms with Gasteiger partial charge in [-0.1, -0.05) is 44.2 Å². The molecule has 0 saturated heterocycles. The van der Waals surface area contributed by atoms with Crippen molar-refractivity contribution in [3.05, 3.63) is 83.7 Å². The molecule has 0 saturated carbocycles. The lowest BCUT2D eigenvalue weighted by atomic mass is 10.1. The molecule has 0 spiro atoms. The predicted octanol–water partition coefficient (Wildman–Crippen LogP) is 4.64. The number of H-pyrrole nitrogens is 1. The zero-order valence-corrected chi connectivity index (χ0v) is 21.2. The molecule has 0 aliphatic rings. The summed E-state index contributed by atoms with van der Waals surface area (Å²) in [6, 6.07) is 14.2. The number of nitrogens with one attached hydrogen (secondary N) is 2. The quantitative estimate of drug-likeness (QED) is 0.295. The number of benzene rings is 1. The first-order valence-electron chi connectivity index (χ1n) is 12.9. The van der Waals surface area contributed by atoms with Crippen molar-refractivity contribution >= 4 is 5.91 Å². The van der Waals surface area contributed by atoms with Gasteiger partial charge in [-0.3, -0.25) is 9.78 Å². The number of carbonyl (C=O) groups is 1. The second kappa shape index (κ2) is 15.1. The molecule has 2 heterocycles. The van der Waals surface area contributed by atoms with Crippen LogP contribution in [0.4, 0.5) is 0 Å². The monoisotopic (exact) mass is 476 g/mol. The van der Waals surface area contributed by atoms with Gasteiger partial charge in [0.05, 0.1) is 12.2 Å². The number of hydrogen-bond donors (Lipinski definition) is 2. The maximum Gasteiger partial charge on any atom is 0.290 e. The Balaban J connectivity index is 1.47. The van der Waals surface area contributed by atoms with Crippen LogP contribution >= 0.6 is 0 Å². The molecule has 0 fully saturated rings. The van der Waals surface area contributed by atoms with E-state index in [4.69, 9.17) is 0 Å². The number of rotatable bonds is 16. The molecule has 3 rings (SSSR count). The zero-order valence-electron chi connectivity index (χ0n) is 21.2. The molecule has 0 radical (unpaired) electrons. The lowest BCUT2D eigenvalue weighted by Gasteiger charge is -2.22. The third kappa shape index (κ3) is 9.26. The summed E-state index contributed by atoms with van der Waals surface area (Å²) in [7, 11) is 0. The van der Waals surface area contributed by atoms with Crippen molar-refractivity contribution in [1.82, 2.24) is 30.1 Å². The van der Waals surface area contributed by atoms with Crippen molar-refractivity contribution in [2.45, 2.75) is 59.2 Å². The Morgan fingerprint density at radius 2 is 1.66 bits per heavy atom. The number of amides is 1. The molecule has 7 nitrogen and oxygen atoms in total. The van der Waals surface area contributed by atoms with Gasteiger partial charge in [0.15, 0.2) is 5.82 Å². The van der Waals surface area contributed by atoms with Crippen molar-refractivity contribution in [2.75, 3.05) is 26.2 Å². The highest BCUT2D eigenvalue weighted by molar-refractivity contribution is 5.90. The van der Waals surface area contributed by atoms with E-state index >= 15 is 0 Å². The molecule has 0 unspecified atom stereocenters. The second-order valence-electron chi connectivity index (χ2n) is 8.96. The molecular weight excluding hydrogens is 436 g/mol. The van der Waals surface area contributed by atoms with E-state index in [-0.39, 0.29) is 5.91 Å². The molecule has 0 aliphatic heterocycles. The lowest BCUT2D eigenvalue weighted by molar-refractivity contribution is 0.0716. The fourth-order valence-corrected chi connectivity index (χ4v) is 4.19. The van der Waals surface area contributed by atoms with E-state index in [1.54, 1.807) is 23.5 Å². The van der Waals surface area contributed by atoms with Crippen LogP contribution < -0.4 is 5.32 Å². The minimum Gasteiger partial charge on any atom is -0.341 e. The Kier molecular flexibility index (Phi) is 11.4. The SMILES string of the molecule is CCCN(CCC)CCCCNCc1ccc(CN(Cc2ccccn2)C(=O)c2ncc[nH]2)cc1. The maximum absolute atomic E-state index is 13.0. The fourth-order valence-electron chi connectivity index (χ4n) is 4.19. The standard InChI is InChI=1S/C28H40N6O/c1-3-18-33(19-4-2)20-8-7-14-29-21-24-10-12-25(13-11-24)22-34(23-26-9-5-6-15-30-26)28(35)27-31-16-17-32-27/h5-6,9-13,15-17,29H,3-4,7-8,14,18-23H2,1-2H3,(H,31,32). The van der Waals surface area contributed by atoms with Crippen LogP contribution in [0.5, 0.6) is 0 Å². The number of hydrogen-bond acceptors (Lipinski definition) is 5. The van der Waals surface area contributed by atoms with Gasteiger partial charge in [0.2, 0.25) is 0 Å². The highest BCUT2D eigenvalue weighted by atomic mass is 16.2. The molecule has 188 valence electrons. The van der Waals surface area contributed by atoms with Crippen LogP contribution in [0.1, 0.15) is 67.0 Å². The van der Waals surface area contributed by atoms with Crippen LogP contribution in [0.15, 0.2) is 61.1 Å². The van der Waals surface area contributed by atoms with Crippen molar-refractivity contribution < 1.29 is 4.79 Å². The van der Waals surface area contributed by atoms with Crippen LogP contribution in [-0.4, -0.2) is 56.8 Å². The molecular formula is C28H40N6O. The highest BCUT2D eigenvalue weighted by Gasteiger charge is 2.19. The van der Waals surface area contributed by atoms with Gasteiger partial charge in [-0.15, -0.1) is 0 Å². The maximum atomic E-state index is 13.0. The van der Waals surface area contributed by atoms with Crippen LogP contribution in [0, 0.1) is 0 Å². The first kappa shape index (κ1) is 26.6.